The topological polar surface area (TPSA) is 92.7 Å². The summed E-state index contributed by atoms with van der Waals surface area (Å²) >= 11 is 0. The summed E-state index contributed by atoms with van der Waals surface area (Å²) in [6.45, 7) is 3.24. The molecule has 1 rings (SSSR count). The molecule has 0 unspecified atom stereocenters. The number of carboxylic acid groups (broad SMARTS) is 1. The van der Waals surface area contributed by atoms with Gasteiger partial charge in [-0.2, -0.15) is 0 Å². The predicted molar refractivity (Wildman–Crippen MR) is 75.7 cm³/mol. The van der Waals surface area contributed by atoms with Crippen LogP contribution in [0, 0.1) is 17.6 Å². The van der Waals surface area contributed by atoms with Gasteiger partial charge < -0.3 is 15.2 Å². The third-order valence-corrected chi connectivity index (χ3v) is 3.06. The Kier molecular flexibility index (Phi) is 6.62. The number of carbonyl (C=O) groups is 3. The van der Waals surface area contributed by atoms with E-state index in [0.29, 0.717) is 6.07 Å². The highest BCUT2D eigenvalue weighted by atomic mass is 19.2. The van der Waals surface area contributed by atoms with Gasteiger partial charge in [-0.25, -0.2) is 13.6 Å². The second-order valence-corrected chi connectivity index (χ2v) is 4.88. The summed E-state index contributed by atoms with van der Waals surface area (Å²) in [4.78, 5) is 34.6. The van der Waals surface area contributed by atoms with Crippen LogP contribution in [0.25, 0.3) is 0 Å². The van der Waals surface area contributed by atoms with Crippen molar-refractivity contribution in [3.05, 3.63) is 35.4 Å². The lowest BCUT2D eigenvalue weighted by atomic mass is 10.0. The van der Waals surface area contributed by atoms with Gasteiger partial charge in [-0.3, -0.25) is 9.59 Å². The maximum absolute atomic E-state index is 13.1. The van der Waals surface area contributed by atoms with Crippen LogP contribution in [-0.2, 0) is 14.3 Å². The number of ether oxygens (including phenoxy) is 1. The first kappa shape index (κ1) is 18.5. The molecule has 0 bridgehead atoms. The van der Waals surface area contributed by atoms with E-state index < -0.39 is 41.4 Å². The number of esters is 1. The van der Waals surface area contributed by atoms with Gasteiger partial charge in [0.2, 0.25) is 0 Å². The molecule has 0 saturated heterocycles. The number of nitrogens with one attached hydrogen (secondary N) is 1. The molecule has 0 aliphatic rings. The van der Waals surface area contributed by atoms with Gasteiger partial charge in [0.05, 0.1) is 12.5 Å². The highest BCUT2D eigenvalue weighted by Gasteiger charge is 2.27. The minimum Gasteiger partial charge on any atom is -0.480 e. The molecule has 1 aromatic carbocycles. The predicted octanol–water partition coefficient (Wildman–Crippen LogP) is 1.74. The van der Waals surface area contributed by atoms with Crippen LogP contribution in [0.2, 0.25) is 0 Å². The van der Waals surface area contributed by atoms with E-state index in [1.807, 2.05) is 0 Å². The number of halogens is 2. The average molecular weight is 329 g/mol. The number of hydrogen-bond acceptors (Lipinski definition) is 4. The zero-order valence-electron chi connectivity index (χ0n) is 12.6. The van der Waals surface area contributed by atoms with Crippen LogP contribution in [0.4, 0.5) is 8.78 Å². The van der Waals surface area contributed by atoms with Crippen LogP contribution in [0.15, 0.2) is 18.2 Å². The summed E-state index contributed by atoms with van der Waals surface area (Å²) in [5.41, 5.74) is -0.223. The molecule has 23 heavy (non-hydrogen) atoms. The second-order valence-electron chi connectivity index (χ2n) is 4.88. The van der Waals surface area contributed by atoms with Crippen molar-refractivity contribution in [1.29, 1.82) is 0 Å². The second kappa shape index (κ2) is 8.21. The smallest absolute Gasteiger partial charge is 0.326 e. The zero-order chi connectivity index (χ0) is 17.6. The van der Waals surface area contributed by atoms with Gasteiger partial charge >= 0.3 is 11.9 Å². The third kappa shape index (κ3) is 5.32. The Balaban J connectivity index is 2.79. The van der Waals surface area contributed by atoms with Gasteiger partial charge in [0.15, 0.2) is 11.6 Å². The van der Waals surface area contributed by atoms with Crippen molar-refractivity contribution >= 4 is 17.8 Å². The molecule has 0 radical (unpaired) electrons. The van der Waals surface area contributed by atoms with E-state index in [2.05, 4.69) is 5.32 Å². The van der Waals surface area contributed by atoms with E-state index in [0.717, 1.165) is 12.1 Å². The molecule has 1 amide bonds. The van der Waals surface area contributed by atoms with Crippen molar-refractivity contribution in [2.75, 3.05) is 6.61 Å². The molecule has 0 aromatic heterocycles. The fourth-order valence-electron chi connectivity index (χ4n) is 1.83. The summed E-state index contributed by atoms with van der Waals surface area (Å²) < 4.78 is 30.7. The minimum atomic E-state index is -1.37. The highest BCUT2D eigenvalue weighted by molar-refractivity contribution is 5.96. The molecule has 0 saturated carbocycles. The maximum Gasteiger partial charge on any atom is 0.326 e. The molecular formula is C15H17F2NO5. The molecule has 0 heterocycles. The fraction of sp³-hybridized carbons (Fsp3) is 0.400. The van der Waals surface area contributed by atoms with Crippen LogP contribution >= 0.6 is 0 Å². The molecule has 8 heteroatoms. The Hall–Kier alpha value is -2.51. The van der Waals surface area contributed by atoms with E-state index in [1.165, 1.54) is 6.92 Å². The zero-order valence-corrected chi connectivity index (χ0v) is 12.6. The lowest BCUT2D eigenvalue weighted by molar-refractivity contribution is -0.148. The van der Waals surface area contributed by atoms with E-state index in [9.17, 15) is 23.2 Å². The first-order valence-corrected chi connectivity index (χ1v) is 6.91. The van der Waals surface area contributed by atoms with E-state index in [1.54, 1.807) is 6.92 Å². The van der Waals surface area contributed by atoms with Crippen LogP contribution in [0.3, 0.4) is 0 Å². The summed E-state index contributed by atoms with van der Waals surface area (Å²) in [5, 5.41) is 11.3. The molecule has 1 aromatic rings. The number of aliphatic carboxylic acids is 1. The van der Waals surface area contributed by atoms with Crippen LogP contribution in [0.5, 0.6) is 0 Å². The number of amides is 1. The summed E-state index contributed by atoms with van der Waals surface area (Å²) in [6, 6.07) is 1.09. The van der Waals surface area contributed by atoms with Crippen LogP contribution < -0.4 is 5.32 Å². The number of carboxylic acids is 1. The van der Waals surface area contributed by atoms with Crippen molar-refractivity contribution in [3.63, 3.8) is 0 Å². The quantitative estimate of drug-likeness (QED) is 0.743. The van der Waals surface area contributed by atoms with Crippen molar-refractivity contribution in [3.8, 4) is 0 Å². The lowest BCUT2D eigenvalue weighted by Gasteiger charge is -2.18. The number of hydrogen-bond donors (Lipinski definition) is 2. The molecule has 126 valence electrons. The SMILES string of the molecule is CCOC(=O)[C@@H](C)C[C@@H](NC(=O)c1ccc(F)c(F)c1)C(=O)O. The normalized spacial score (nSPS) is 13.0. The lowest BCUT2D eigenvalue weighted by Crippen LogP contribution is -2.42. The van der Waals surface area contributed by atoms with E-state index in [4.69, 9.17) is 9.84 Å². The summed E-state index contributed by atoms with van der Waals surface area (Å²) in [5.74, 6) is -5.90. The largest absolute Gasteiger partial charge is 0.480 e. The standard InChI is InChI=1S/C15H17F2NO5/c1-3-23-15(22)8(2)6-12(14(20)21)18-13(19)9-4-5-10(16)11(17)7-9/h4-5,7-8,12H,3,6H2,1-2H3,(H,18,19)(H,20,21)/t8-,12+/m0/s1. The van der Waals surface area contributed by atoms with Crippen molar-refractivity contribution < 1.29 is 33.0 Å². The Morgan fingerprint density at radius 2 is 1.91 bits per heavy atom. The summed E-state index contributed by atoms with van der Waals surface area (Å²) in [7, 11) is 0. The monoisotopic (exact) mass is 329 g/mol. The average Bonchev–Trinajstić information content (AvgIpc) is 2.49. The van der Waals surface area contributed by atoms with E-state index >= 15 is 0 Å². The molecule has 6 nitrogen and oxygen atoms in total. The van der Waals surface area contributed by atoms with Crippen molar-refractivity contribution in [1.82, 2.24) is 5.32 Å². The van der Waals surface area contributed by atoms with Gasteiger partial charge in [-0.05, 0) is 31.5 Å². The van der Waals surface area contributed by atoms with Gasteiger partial charge in [0.1, 0.15) is 6.04 Å². The molecule has 0 aliphatic heterocycles. The molecule has 2 atom stereocenters. The molecule has 0 spiro atoms. The van der Waals surface area contributed by atoms with Gasteiger partial charge in [-0.15, -0.1) is 0 Å². The minimum absolute atomic E-state index is 0.155. The Morgan fingerprint density at radius 1 is 1.26 bits per heavy atom. The molecule has 2 N–H and O–H groups in total. The maximum atomic E-state index is 13.1. The number of benzene rings is 1. The van der Waals surface area contributed by atoms with E-state index in [-0.39, 0.29) is 18.6 Å². The van der Waals surface area contributed by atoms with Crippen LogP contribution in [0.1, 0.15) is 30.6 Å². The third-order valence-electron chi connectivity index (χ3n) is 3.06. The van der Waals surface area contributed by atoms with Crippen molar-refractivity contribution in [2.24, 2.45) is 5.92 Å². The molecule has 0 aliphatic carbocycles. The van der Waals surface area contributed by atoms with Crippen molar-refractivity contribution in [2.45, 2.75) is 26.3 Å². The summed E-state index contributed by atoms with van der Waals surface area (Å²) in [6.07, 6.45) is -0.191. The first-order chi connectivity index (χ1) is 10.8. The Morgan fingerprint density at radius 3 is 2.43 bits per heavy atom. The Bertz CT molecular complexity index is 606. The van der Waals surface area contributed by atoms with Gasteiger partial charge in [0, 0.05) is 5.56 Å². The molecule has 0 fully saturated rings. The number of rotatable bonds is 7. The first-order valence-electron chi connectivity index (χ1n) is 6.91. The number of carbonyl (C=O) groups excluding carboxylic acids is 2. The molecular weight excluding hydrogens is 312 g/mol. The fourth-order valence-corrected chi connectivity index (χ4v) is 1.83. The van der Waals surface area contributed by atoms with Gasteiger partial charge in [0.25, 0.3) is 5.91 Å². The van der Waals surface area contributed by atoms with Gasteiger partial charge in [-0.1, -0.05) is 6.92 Å². The van der Waals surface area contributed by atoms with Crippen LogP contribution in [-0.4, -0.2) is 35.6 Å². The highest BCUT2D eigenvalue weighted by Crippen LogP contribution is 2.12. The Labute approximate surface area is 131 Å².